The first-order chi connectivity index (χ1) is 5.29. The molecule has 1 rings (SSSR count). The summed E-state index contributed by atoms with van der Waals surface area (Å²) < 4.78 is 3.62. The van der Waals surface area contributed by atoms with Crippen molar-refractivity contribution in [2.45, 2.75) is 6.54 Å². The van der Waals surface area contributed by atoms with Gasteiger partial charge in [0.05, 0.1) is 12.2 Å². The maximum Gasteiger partial charge on any atom is 0.317 e. The van der Waals surface area contributed by atoms with Gasteiger partial charge in [0.15, 0.2) is 0 Å². The first kappa shape index (κ1) is 8.09. The molecule has 0 saturated carbocycles. The van der Waals surface area contributed by atoms with E-state index in [0.29, 0.717) is 6.54 Å². The minimum absolute atomic E-state index is 0.0441. The van der Waals surface area contributed by atoms with Crippen LogP contribution in [-0.2, 0) is 11.3 Å². The van der Waals surface area contributed by atoms with Gasteiger partial charge in [-0.3, -0.25) is 4.79 Å². The third kappa shape index (κ3) is 3.06. The van der Waals surface area contributed by atoms with Crippen molar-refractivity contribution in [3.8, 4) is 0 Å². The predicted octanol–water partition coefficient (Wildman–Crippen LogP) is -0.288. The standard InChI is InChI=1S/C5H7N3O2S/c9-5(10)2-6-1-4-3-11-8-7-4/h3,6H,1-2H2,(H,9,10). The number of hydrogen-bond donors (Lipinski definition) is 2. The highest BCUT2D eigenvalue weighted by Crippen LogP contribution is 1.94. The zero-order valence-electron chi connectivity index (χ0n) is 5.65. The van der Waals surface area contributed by atoms with Crippen LogP contribution >= 0.6 is 11.5 Å². The Morgan fingerprint density at radius 1 is 1.82 bits per heavy atom. The van der Waals surface area contributed by atoms with E-state index in [9.17, 15) is 4.79 Å². The summed E-state index contributed by atoms with van der Waals surface area (Å²) in [6, 6.07) is 0. The zero-order valence-corrected chi connectivity index (χ0v) is 6.47. The van der Waals surface area contributed by atoms with Crippen molar-refractivity contribution in [1.29, 1.82) is 0 Å². The number of aromatic nitrogens is 2. The summed E-state index contributed by atoms with van der Waals surface area (Å²) in [5.74, 6) is -0.867. The Labute approximate surface area is 67.2 Å². The van der Waals surface area contributed by atoms with Gasteiger partial charge in [-0.25, -0.2) is 0 Å². The molecule has 0 saturated heterocycles. The third-order valence-electron chi connectivity index (χ3n) is 0.987. The van der Waals surface area contributed by atoms with Gasteiger partial charge >= 0.3 is 5.97 Å². The summed E-state index contributed by atoms with van der Waals surface area (Å²) >= 11 is 1.25. The van der Waals surface area contributed by atoms with Crippen LogP contribution < -0.4 is 5.32 Å². The minimum atomic E-state index is -0.867. The van der Waals surface area contributed by atoms with Gasteiger partial charge in [0.1, 0.15) is 0 Å². The molecule has 0 atom stereocenters. The average molecular weight is 173 g/mol. The Balaban J connectivity index is 2.19. The van der Waals surface area contributed by atoms with E-state index in [1.165, 1.54) is 11.5 Å². The van der Waals surface area contributed by atoms with Crippen LogP contribution in [-0.4, -0.2) is 27.2 Å². The number of carboxylic acid groups (broad SMARTS) is 1. The third-order valence-corrected chi connectivity index (χ3v) is 1.54. The van der Waals surface area contributed by atoms with Crippen molar-refractivity contribution in [2.75, 3.05) is 6.54 Å². The van der Waals surface area contributed by atoms with Crippen molar-refractivity contribution in [3.05, 3.63) is 11.1 Å². The van der Waals surface area contributed by atoms with E-state index in [1.54, 1.807) is 5.38 Å². The van der Waals surface area contributed by atoms with Crippen molar-refractivity contribution >= 4 is 17.5 Å². The topological polar surface area (TPSA) is 75.1 Å². The van der Waals surface area contributed by atoms with Gasteiger partial charge < -0.3 is 10.4 Å². The van der Waals surface area contributed by atoms with Crippen molar-refractivity contribution < 1.29 is 9.90 Å². The van der Waals surface area contributed by atoms with Crippen molar-refractivity contribution in [2.24, 2.45) is 0 Å². The molecule has 0 amide bonds. The van der Waals surface area contributed by atoms with Crippen LogP contribution in [0.25, 0.3) is 0 Å². The van der Waals surface area contributed by atoms with Crippen LogP contribution in [0.3, 0.4) is 0 Å². The molecule has 0 unspecified atom stereocenters. The van der Waals surface area contributed by atoms with E-state index < -0.39 is 5.97 Å². The monoisotopic (exact) mass is 173 g/mol. The first-order valence-electron chi connectivity index (χ1n) is 2.97. The van der Waals surface area contributed by atoms with Crippen molar-refractivity contribution in [1.82, 2.24) is 14.9 Å². The number of aliphatic carboxylic acids is 1. The molecule has 1 aromatic heterocycles. The molecule has 0 aliphatic rings. The summed E-state index contributed by atoms with van der Waals surface area (Å²) in [6.45, 7) is 0.417. The highest BCUT2D eigenvalue weighted by Gasteiger charge is 1.97. The maximum absolute atomic E-state index is 10.0. The largest absolute Gasteiger partial charge is 0.480 e. The lowest BCUT2D eigenvalue weighted by molar-refractivity contribution is -0.135. The Hall–Kier alpha value is -1.01. The molecule has 5 nitrogen and oxygen atoms in total. The SMILES string of the molecule is O=C(O)CNCc1csnn1. The highest BCUT2D eigenvalue weighted by molar-refractivity contribution is 7.03. The van der Waals surface area contributed by atoms with E-state index in [0.717, 1.165) is 5.69 Å². The van der Waals surface area contributed by atoms with Gasteiger partial charge in [-0.15, -0.1) is 5.10 Å². The molecule has 0 aromatic carbocycles. The van der Waals surface area contributed by atoms with Crippen molar-refractivity contribution in [3.63, 3.8) is 0 Å². The normalized spacial score (nSPS) is 9.82. The van der Waals surface area contributed by atoms with E-state index >= 15 is 0 Å². The molecule has 2 N–H and O–H groups in total. The highest BCUT2D eigenvalue weighted by atomic mass is 32.1. The van der Waals surface area contributed by atoms with Gasteiger partial charge in [-0.1, -0.05) is 4.49 Å². The smallest absolute Gasteiger partial charge is 0.317 e. The van der Waals surface area contributed by atoms with E-state index in [4.69, 9.17) is 5.11 Å². The van der Waals surface area contributed by atoms with E-state index in [1.807, 2.05) is 0 Å². The van der Waals surface area contributed by atoms with Crippen LogP contribution in [0.4, 0.5) is 0 Å². The van der Waals surface area contributed by atoms with Gasteiger partial charge in [0.25, 0.3) is 0 Å². The molecule has 0 aliphatic heterocycles. The minimum Gasteiger partial charge on any atom is -0.480 e. The van der Waals surface area contributed by atoms with Gasteiger partial charge in [0, 0.05) is 11.9 Å². The number of carbonyl (C=O) groups is 1. The molecule has 0 spiro atoms. The molecule has 6 heteroatoms. The van der Waals surface area contributed by atoms with Crippen LogP contribution in [0.5, 0.6) is 0 Å². The number of rotatable bonds is 4. The molecule has 60 valence electrons. The van der Waals surface area contributed by atoms with Crippen LogP contribution in [0, 0.1) is 0 Å². The molecule has 0 aliphatic carbocycles. The Morgan fingerprint density at radius 3 is 3.18 bits per heavy atom. The number of nitrogens with zero attached hydrogens (tertiary/aromatic N) is 2. The molecule has 1 aromatic rings. The van der Waals surface area contributed by atoms with Crippen LogP contribution in [0.2, 0.25) is 0 Å². The molecule has 11 heavy (non-hydrogen) atoms. The summed E-state index contributed by atoms with van der Waals surface area (Å²) in [7, 11) is 0. The fraction of sp³-hybridized carbons (Fsp3) is 0.400. The van der Waals surface area contributed by atoms with Gasteiger partial charge in [-0.05, 0) is 11.5 Å². The summed E-state index contributed by atoms with van der Waals surface area (Å²) in [5.41, 5.74) is 0.774. The lowest BCUT2D eigenvalue weighted by Crippen LogP contribution is -2.21. The second-order valence-electron chi connectivity index (χ2n) is 1.89. The van der Waals surface area contributed by atoms with Crippen LogP contribution in [0.1, 0.15) is 5.69 Å². The molecule has 0 bridgehead atoms. The predicted molar refractivity (Wildman–Crippen MR) is 39.3 cm³/mol. The lowest BCUT2D eigenvalue weighted by Gasteiger charge is -1.95. The Morgan fingerprint density at radius 2 is 2.64 bits per heavy atom. The molecular formula is C5H7N3O2S. The Bertz CT molecular complexity index is 224. The quantitative estimate of drug-likeness (QED) is 0.654. The zero-order chi connectivity index (χ0) is 8.10. The number of hydrogen-bond acceptors (Lipinski definition) is 5. The lowest BCUT2D eigenvalue weighted by atomic mass is 10.5. The molecule has 0 fully saturated rings. The van der Waals surface area contributed by atoms with Gasteiger partial charge in [0.2, 0.25) is 0 Å². The van der Waals surface area contributed by atoms with Crippen LogP contribution in [0.15, 0.2) is 5.38 Å². The number of carboxylic acids is 1. The Kier molecular flexibility index (Phi) is 2.94. The maximum atomic E-state index is 10.0. The summed E-state index contributed by atoms with van der Waals surface area (Å²) in [4.78, 5) is 10.0. The van der Waals surface area contributed by atoms with Gasteiger partial charge in [-0.2, -0.15) is 0 Å². The second-order valence-corrected chi connectivity index (χ2v) is 2.50. The van der Waals surface area contributed by atoms with E-state index in [-0.39, 0.29) is 6.54 Å². The first-order valence-corrected chi connectivity index (χ1v) is 3.81. The molecular weight excluding hydrogens is 166 g/mol. The van der Waals surface area contributed by atoms with E-state index in [2.05, 4.69) is 14.9 Å². The fourth-order valence-electron chi connectivity index (χ4n) is 0.559. The molecule has 1 heterocycles. The number of nitrogens with one attached hydrogen (secondary N) is 1. The summed E-state index contributed by atoms with van der Waals surface area (Å²) in [6.07, 6.45) is 0. The molecule has 0 radical (unpaired) electrons. The summed E-state index contributed by atoms with van der Waals surface area (Å²) in [5, 5.41) is 16.4. The fourth-order valence-corrected chi connectivity index (χ4v) is 1.01. The average Bonchev–Trinajstić information content (AvgIpc) is 2.39. The second kappa shape index (κ2) is 3.99.